The second-order valence-electron chi connectivity index (χ2n) is 4.50. The minimum absolute atomic E-state index is 0.159. The summed E-state index contributed by atoms with van der Waals surface area (Å²) in [5, 5.41) is 0. The Balaban J connectivity index is 1.93. The van der Waals surface area contributed by atoms with Crippen LogP contribution in [0.3, 0.4) is 0 Å². The zero-order valence-corrected chi connectivity index (χ0v) is 8.23. The van der Waals surface area contributed by atoms with Crippen molar-refractivity contribution in [3.8, 4) is 0 Å². The average Bonchev–Trinajstić information content (AvgIpc) is 2.61. The largest absolute Gasteiger partial charge is 0.343 e. The molecule has 0 saturated carbocycles. The van der Waals surface area contributed by atoms with Gasteiger partial charge in [-0.25, -0.2) is 0 Å². The average molecular weight is 194 g/mol. The summed E-state index contributed by atoms with van der Waals surface area (Å²) in [5.41, 5.74) is 1.33. The van der Waals surface area contributed by atoms with Crippen LogP contribution in [0.25, 0.3) is 0 Å². The molecule has 3 rings (SSSR count). The first kappa shape index (κ1) is 8.62. The second-order valence-corrected chi connectivity index (χ2v) is 4.50. The molecule has 2 heterocycles. The Morgan fingerprint density at radius 2 is 2.36 bits per heavy atom. The van der Waals surface area contributed by atoms with Crippen molar-refractivity contribution in [1.82, 2.24) is 0 Å². The van der Waals surface area contributed by atoms with Crippen LogP contribution in [0.5, 0.6) is 0 Å². The number of ketones is 1. The van der Waals surface area contributed by atoms with Gasteiger partial charge in [-0.05, 0) is 19.8 Å². The molecule has 2 saturated heterocycles. The second kappa shape index (κ2) is 2.91. The smallest absolute Gasteiger partial charge is 0.218 e. The SMILES string of the molecule is CC1=CCC2C3COC(O3)C(=O)C2C1. The van der Waals surface area contributed by atoms with Gasteiger partial charge in [-0.2, -0.15) is 0 Å². The number of Topliss-reactive ketones (excluding diaryl/α,β-unsaturated/α-hetero) is 1. The molecule has 4 atom stereocenters. The highest BCUT2D eigenvalue weighted by molar-refractivity contribution is 5.86. The van der Waals surface area contributed by atoms with E-state index in [4.69, 9.17) is 9.47 Å². The van der Waals surface area contributed by atoms with E-state index in [2.05, 4.69) is 13.0 Å². The van der Waals surface area contributed by atoms with Gasteiger partial charge in [-0.1, -0.05) is 11.6 Å². The molecule has 4 unspecified atom stereocenters. The van der Waals surface area contributed by atoms with Gasteiger partial charge in [0.1, 0.15) is 0 Å². The molecule has 0 radical (unpaired) electrons. The predicted molar refractivity (Wildman–Crippen MR) is 49.6 cm³/mol. The van der Waals surface area contributed by atoms with Crippen molar-refractivity contribution in [1.29, 1.82) is 0 Å². The number of hydrogen-bond donors (Lipinski definition) is 0. The van der Waals surface area contributed by atoms with Gasteiger partial charge in [0.15, 0.2) is 5.78 Å². The fourth-order valence-electron chi connectivity index (χ4n) is 2.77. The van der Waals surface area contributed by atoms with Gasteiger partial charge < -0.3 is 9.47 Å². The van der Waals surface area contributed by atoms with Crippen LogP contribution in [0.1, 0.15) is 19.8 Å². The van der Waals surface area contributed by atoms with E-state index in [1.54, 1.807) is 0 Å². The van der Waals surface area contributed by atoms with Gasteiger partial charge in [-0.15, -0.1) is 0 Å². The van der Waals surface area contributed by atoms with Gasteiger partial charge in [0.05, 0.1) is 12.7 Å². The van der Waals surface area contributed by atoms with Crippen molar-refractivity contribution in [2.24, 2.45) is 11.8 Å². The van der Waals surface area contributed by atoms with Crippen LogP contribution in [0.15, 0.2) is 11.6 Å². The van der Waals surface area contributed by atoms with Crippen molar-refractivity contribution in [3.63, 3.8) is 0 Å². The highest BCUT2D eigenvalue weighted by atomic mass is 16.7. The summed E-state index contributed by atoms with van der Waals surface area (Å²) in [7, 11) is 0. The van der Waals surface area contributed by atoms with Crippen LogP contribution in [0.4, 0.5) is 0 Å². The van der Waals surface area contributed by atoms with Crippen molar-refractivity contribution in [2.45, 2.75) is 32.2 Å². The van der Waals surface area contributed by atoms with Gasteiger partial charge in [-0.3, -0.25) is 4.79 Å². The zero-order chi connectivity index (χ0) is 9.71. The fraction of sp³-hybridized carbons (Fsp3) is 0.727. The third-order valence-electron chi connectivity index (χ3n) is 3.58. The third-order valence-corrected chi connectivity index (χ3v) is 3.58. The van der Waals surface area contributed by atoms with Gasteiger partial charge in [0, 0.05) is 11.8 Å². The Kier molecular flexibility index (Phi) is 1.79. The summed E-state index contributed by atoms with van der Waals surface area (Å²) in [6.45, 7) is 2.70. The van der Waals surface area contributed by atoms with Crippen LogP contribution in [0.2, 0.25) is 0 Å². The lowest BCUT2D eigenvalue weighted by Crippen LogP contribution is -2.44. The quantitative estimate of drug-likeness (QED) is 0.545. The maximum absolute atomic E-state index is 11.9. The van der Waals surface area contributed by atoms with E-state index in [1.165, 1.54) is 5.57 Å². The number of ether oxygens (including phenoxy) is 2. The van der Waals surface area contributed by atoms with Gasteiger partial charge in [0.2, 0.25) is 6.29 Å². The highest BCUT2D eigenvalue weighted by Crippen LogP contribution is 2.41. The Morgan fingerprint density at radius 1 is 1.50 bits per heavy atom. The number of carbonyl (C=O) groups is 1. The summed E-state index contributed by atoms with van der Waals surface area (Å²) < 4.78 is 10.8. The minimum Gasteiger partial charge on any atom is -0.343 e. The number of fused-ring (bicyclic) bond motifs is 4. The Labute approximate surface area is 83.1 Å². The molecular weight excluding hydrogens is 180 g/mol. The van der Waals surface area contributed by atoms with E-state index in [0.29, 0.717) is 12.5 Å². The van der Waals surface area contributed by atoms with Crippen molar-refractivity contribution in [2.75, 3.05) is 6.61 Å². The van der Waals surface area contributed by atoms with E-state index >= 15 is 0 Å². The zero-order valence-electron chi connectivity index (χ0n) is 8.23. The molecular formula is C11H14O3. The first-order chi connectivity index (χ1) is 6.75. The molecule has 0 amide bonds. The van der Waals surface area contributed by atoms with Crippen LogP contribution in [-0.4, -0.2) is 24.8 Å². The minimum atomic E-state index is -0.549. The molecule has 14 heavy (non-hydrogen) atoms. The molecule has 76 valence electrons. The topological polar surface area (TPSA) is 35.5 Å². The van der Waals surface area contributed by atoms with Gasteiger partial charge >= 0.3 is 0 Å². The first-order valence-corrected chi connectivity index (χ1v) is 5.22. The number of hydrogen-bond acceptors (Lipinski definition) is 3. The van der Waals surface area contributed by atoms with Crippen molar-refractivity contribution < 1.29 is 14.3 Å². The summed E-state index contributed by atoms with van der Waals surface area (Å²) in [4.78, 5) is 11.9. The lowest BCUT2D eigenvalue weighted by atomic mass is 9.74. The van der Waals surface area contributed by atoms with E-state index < -0.39 is 6.29 Å². The van der Waals surface area contributed by atoms with Crippen LogP contribution in [0, 0.1) is 11.8 Å². The molecule has 0 aromatic rings. The van der Waals surface area contributed by atoms with E-state index in [1.807, 2.05) is 0 Å². The Bertz CT molecular complexity index is 308. The predicted octanol–water partition coefficient (Wildman–Crippen LogP) is 1.28. The molecule has 1 aliphatic carbocycles. The first-order valence-electron chi connectivity index (χ1n) is 5.22. The molecule has 2 bridgehead atoms. The Morgan fingerprint density at radius 3 is 3.21 bits per heavy atom. The molecule has 3 aliphatic rings. The molecule has 2 fully saturated rings. The third kappa shape index (κ3) is 1.09. The van der Waals surface area contributed by atoms with Crippen molar-refractivity contribution in [3.05, 3.63) is 11.6 Å². The maximum atomic E-state index is 11.9. The lowest BCUT2D eigenvalue weighted by Gasteiger charge is -2.36. The maximum Gasteiger partial charge on any atom is 0.218 e. The van der Waals surface area contributed by atoms with Crippen LogP contribution < -0.4 is 0 Å². The molecule has 3 nitrogen and oxygen atoms in total. The number of rotatable bonds is 0. The molecule has 2 aliphatic heterocycles. The van der Waals surface area contributed by atoms with E-state index in [-0.39, 0.29) is 17.8 Å². The molecule has 0 aromatic heterocycles. The summed E-state index contributed by atoms with van der Waals surface area (Å²) in [6, 6.07) is 0. The van der Waals surface area contributed by atoms with E-state index in [0.717, 1.165) is 12.8 Å². The fourth-order valence-corrected chi connectivity index (χ4v) is 2.77. The highest BCUT2D eigenvalue weighted by Gasteiger charge is 2.49. The summed E-state index contributed by atoms with van der Waals surface area (Å²) >= 11 is 0. The lowest BCUT2D eigenvalue weighted by molar-refractivity contribution is -0.165. The summed E-state index contributed by atoms with van der Waals surface area (Å²) in [6.07, 6.45) is 3.72. The molecule has 0 N–H and O–H groups in total. The molecule has 3 heteroatoms. The van der Waals surface area contributed by atoms with Crippen LogP contribution >= 0.6 is 0 Å². The number of carbonyl (C=O) groups excluding carboxylic acids is 1. The standard InChI is InChI=1S/C11H14O3/c1-6-2-3-7-8(4-6)10(12)11-13-5-9(7)14-11/h2,7-9,11H,3-5H2,1H3. The monoisotopic (exact) mass is 194 g/mol. The number of allylic oxidation sites excluding steroid dienone is 2. The molecule has 0 spiro atoms. The Hall–Kier alpha value is -0.670. The van der Waals surface area contributed by atoms with Gasteiger partial charge in [0.25, 0.3) is 0 Å². The normalized spacial score (nSPS) is 46.1. The van der Waals surface area contributed by atoms with Crippen molar-refractivity contribution >= 4 is 5.78 Å². The van der Waals surface area contributed by atoms with Crippen LogP contribution in [-0.2, 0) is 14.3 Å². The molecule has 0 aromatic carbocycles. The summed E-state index contributed by atoms with van der Waals surface area (Å²) in [5.74, 6) is 0.687. The van der Waals surface area contributed by atoms with E-state index in [9.17, 15) is 4.79 Å².